The van der Waals surface area contributed by atoms with Crippen molar-refractivity contribution < 1.29 is 0 Å². The number of benzene rings is 2. The molecular formula is C21H16Cl3N5S. The fourth-order valence-electron chi connectivity index (χ4n) is 2.81. The zero-order valence-corrected chi connectivity index (χ0v) is 19.1. The summed E-state index contributed by atoms with van der Waals surface area (Å²) in [4.78, 5) is 16.6. The number of aromatic nitrogens is 3. The molecule has 30 heavy (non-hydrogen) atoms. The van der Waals surface area contributed by atoms with E-state index in [9.17, 15) is 0 Å². The van der Waals surface area contributed by atoms with Crippen molar-refractivity contribution in [1.82, 2.24) is 15.0 Å². The first kappa shape index (κ1) is 20.9. The van der Waals surface area contributed by atoms with Gasteiger partial charge >= 0.3 is 0 Å². The molecule has 0 radical (unpaired) electrons. The van der Waals surface area contributed by atoms with Gasteiger partial charge < -0.3 is 10.2 Å². The monoisotopic (exact) mass is 475 g/mol. The van der Waals surface area contributed by atoms with Crippen molar-refractivity contribution >= 4 is 68.6 Å². The predicted octanol–water partition coefficient (Wildman–Crippen LogP) is 7.38. The normalized spacial score (nSPS) is 10.8. The zero-order chi connectivity index (χ0) is 21.3. The Morgan fingerprint density at radius 2 is 1.80 bits per heavy atom. The first-order valence-corrected chi connectivity index (χ1v) is 10.9. The van der Waals surface area contributed by atoms with E-state index in [4.69, 9.17) is 39.8 Å². The first-order chi connectivity index (χ1) is 14.4. The molecule has 9 heteroatoms. The summed E-state index contributed by atoms with van der Waals surface area (Å²) in [5.41, 5.74) is 3.39. The average Bonchev–Trinajstić information content (AvgIpc) is 3.11. The summed E-state index contributed by atoms with van der Waals surface area (Å²) < 4.78 is 0. The van der Waals surface area contributed by atoms with E-state index < -0.39 is 0 Å². The van der Waals surface area contributed by atoms with Crippen LogP contribution in [0.1, 0.15) is 5.69 Å². The molecule has 4 aromatic rings. The number of aryl methyl sites for hydroxylation is 1. The maximum atomic E-state index is 6.16. The average molecular weight is 477 g/mol. The third kappa shape index (κ3) is 4.52. The van der Waals surface area contributed by atoms with E-state index in [1.54, 1.807) is 23.6 Å². The molecule has 2 heterocycles. The van der Waals surface area contributed by atoms with Crippen LogP contribution in [0.25, 0.3) is 10.6 Å². The van der Waals surface area contributed by atoms with Crippen LogP contribution in [0.4, 0.5) is 22.5 Å². The van der Waals surface area contributed by atoms with Gasteiger partial charge in [0.25, 0.3) is 0 Å². The molecule has 0 fully saturated rings. The van der Waals surface area contributed by atoms with Crippen LogP contribution >= 0.6 is 46.1 Å². The number of thiazole rings is 1. The molecule has 152 valence electrons. The van der Waals surface area contributed by atoms with Crippen LogP contribution in [-0.4, -0.2) is 22.0 Å². The van der Waals surface area contributed by atoms with E-state index in [0.29, 0.717) is 21.0 Å². The Hall–Kier alpha value is -2.38. The van der Waals surface area contributed by atoms with Crippen LogP contribution in [0, 0.1) is 6.92 Å². The molecular weight excluding hydrogens is 461 g/mol. The minimum atomic E-state index is 0.488. The van der Waals surface area contributed by atoms with E-state index >= 15 is 0 Å². The lowest BCUT2D eigenvalue weighted by Gasteiger charge is -2.16. The summed E-state index contributed by atoms with van der Waals surface area (Å²) in [5.74, 6) is 0.488. The van der Waals surface area contributed by atoms with Crippen molar-refractivity contribution in [2.24, 2.45) is 0 Å². The smallest absolute Gasteiger partial charge is 0.227 e. The van der Waals surface area contributed by atoms with Crippen molar-refractivity contribution in [1.29, 1.82) is 0 Å². The molecule has 4 rings (SSSR count). The molecule has 0 saturated carbocycles. The van der Waals surface area contributed by atoms with Crippen LogP contribution in [0.5, 0.6) is 0 Å². The Balaban J connectivity index is 1.62. The van der Waals surface area contributed by atoms with Crippen molar-refractivity contribution in [3.8, 4) is 10.6 Å². The van der Waals surface area contributed by atoms with E-state index in [1.807, 2.05) is 61.3 Å². The highest BCUT2D eigenvalue weighted by Crippen LogP contribution is 2.37. The second kappa shape index (κ2) is 8.78. The summed E-state index contributed by atoms with van der Waals surface area (Å²) in [6.07, 6.45) is 1.72. The van der Waals surface area contributed by atoms with Gasteiger partial charge in [0, 0.05) is 29.6 Å². The first-order valence-electron chi connectivity index (χ1n) is 8.93. The Morgan fingerprint density at radius 1 is 0.967 bits per heavy atom. The molecule has 0 bridgehead atoms. The molecule has 2 aromatic carbocycles. The van der Waals surface area contributed by atoms with Crippen molar-refractivity contribution in [3.63, 3.8) is 0 Å². The third-order valence-corrected chi connectivity index (χ3v) is 6.56. The lowest BCUT2D eigenvalue weighted by atomic mass is 10.3. The molecule has 0 aliphatic heterocycles. The molecule has 2 aromatic heterocycles. The van der Waals surface area contributed by atoms with Crippen molar-refractivity contribution in [2.75, 3.05) is 17.3 Å². The molecule has 1 N–H and O–H groups in total. The lowest BCUT2D eigenvalue weighted by Crippen LogP contribution is -2.08. The van der Waals surface area contributed by atoms with E-state index in [2.05, 4.69) is 15.3 Å². The van der Waals surface area contributed by atoms with Gasteiger partial charge in [-0.2, -0.15) is 0 Å². The molecule has 0 saturated heterocycles. The largest absolute Gasteiger partial charge is 0.324 e. The second-order valence-electron chi connectivity index (χ2n) is 6.47. The number of anilines is 4. The summed E-state index contributed by atoms with van der Waals surface area (Å²) >= 11 is 19.8. The van der Waals surface area contributed by atoms with Crippen LogP contribution in [0.3, 0.4) is 0 Å². The number of hydrogen-bond acceptors (Lipinski definition) is 6. The Labute approximate surface area is 193 Å². The Bertz CT molecular complexity index is 1210. The van der Waals surface area contributed by atoms with Gasteiger partial charge in [0.1, 0.15) is 0 Å². The van der Waals surface area contributed by atoms with Gasteiger partial charge in [-0.1, -0.05) is 52.2 Å². The fourth-order valence-corrected chi connectivity index (χ4v) is 4.31. The van der Waals surface area contributed by atoms with Gasteiger partial charge in [-0.05, 0) is 49.4 Å². The zero-order valence-electron chi connectivity index (χ0n) is 16.0. The Kier molecular flexibility index (Phi) is 6.11. The number of nitrogens with zero attached hydrogens (tertiary/aromatic N) is 4. The molecule has 0 spiro atoms. The molecule has 0 aliphatic carbocycles. The SMILES string of the molecule is Cc1nc(N(C)c2ccc(Cl)c(Cl)c2)sc1-c1ccnc(Nc2cccc(Cl)c2)n1. The van der Waals surface area contributed by atoms with E-state index in [1.165, 1.54) is 0 Å². The maximum absolute atomic E-state index is 6.16. The highest BCUT2D eigenvalue weighted by Gasteiger charge is 2.16. The minimum absolute atomic E-state index is 0.488. The second-order valence-corrected chi connectivity index (χ2v) is 8.70. The highest BCUT2D eigenvalue weighted by molar-refractivity contribution is 7.19. The molecule has 0 atom stereocenters. The van der Waals surface area contributed by atoms with Crippen LogP contribution in [0.15, 0.2) is 54.7 Å². The topological polar surface area (TPSA) is 53.9 Å². The molecule has 0 unspecified atom stereocenters. The van der Waals surface area contributed by atoms with Crippen molar-refractivity contribution in [3.05, 3.63) is 75.5 Å². The predicted molar refractivity (Wildman–Crippen MR) is 127 cm³/mol. The van der Waals surface area contributed by atoms with Gasteiger partial charge in [-0.3, -0.25) is 0 Å². The van der Waals surface area contributed by atoms with Gasteiger partial charge in [-0.15, -0.1) is 0 Å². The summed E-state index contributed by atoms with van der Waals surface area (Å²) in [7, 11) is 1.94. The van der Waals surface area contributed by atoms with Crippen LogP contribution in [-0.2, 0) is 0 Å². The van der Waals surface area contributed by atoms with Gasteiger partial charge in [0.05, 0.1) is 26.3 Å². The van der Waals surface area contributed by atoms with Gasteiger partial charge in [0.2, 0.25) is 5.95 Å². The highest BCUT2D eigenvalue weighted by atomic mass is 35.5. The Morgan fingerprint density at radius 3 is 2.57 bits per heavy atom. The number of hydrogen-bond donors (Lipinski definition) is 1. The lowest BCUT2D eigenvalue weighted by molar-refractivity contribution is 1.13. The maximum Gasteiger partial charge on any atom is 0.227 e. The van der Waals surface area contributed by atoms with Gasteiger partial charge in [0.15, 0.2) is 5.13 Å². The van der Waals surface area contributed by atoms with Crippen molar-refractivity contribution in [2.45, 2.75) is 6.92 Å². The summed E-state index contributed by atoms with van der Waals surface area (Å²) in [6, 6.07) is 14.8. The number of nitrogens with one attached hydrogen (secondary N) is 1. The van der Waals surface area contributed by atoms with Crippen LogP contribution in [0.2, 0.25) is 15.1 Å². The fraction of sp³-hybridized carbons (Fsp3) is 0.0952. The van der Waals surface area contributed by atoms with Gasteiger partial charge in [-0.25, -0.2) is 15.0 Å². The molecule has 0 amide bonds. The number of rotatable bonds is 5. The summed E-state index contributed by atoms with van der Waals surface area (Å²) in [6.45, 7) is 1.96. The number of halogens is 3. The standard InChI is InChI=1S/C21H16Cl3N5S/c1-12-19(30-21(26-12)29(2)15-6-7-16(23)17(24)11-15)18-8-9-25-20(28-18)27-14-5-3-4-13(22)10-14/h3-11H,1-2H3,(H,25,27,28). The minimum Gasteiger partial charge on any atom is -0.324 e. The molecule has 5 nitrogen and oxygen atoms in total. The van der Waals surface area contributed by atoms with E-state index in [0.717, 1.165) is 32.8 Å². The quantitative estimate of drug-likeness (QED) is 0.325. The summed E-state index contributed by atoms with van der Waals surface area (Å²) in [5, 5.41) is 5.67. The molecule has 0 aliphatic rings. The van der Waals surface area contributed by atoms with E-state index in [-0.39, 0.29) is 0 Å². The van der Waals surface area contributed by atoms with Crippen LogP contribution < -0.4 is 10.2 Å². The third-order valence-electron chi connectivity index (χ3n) is 4.33.